The summed E-state index contributed by atoms with van der Waals surface area (Å²) in [7, 11) is 0. The van der Waals surface area contributed by atoms with E-state index < -0.39 is 30.5 Å². The molecule has 6 nitrogen and oxygen atoms in total. The predicted octanol–water partition coefficient (Wildman–Crippen LogP) is 1.36. The highest BCUT2D eigenvalue weighted by Gasteiger charge is 2.47. The fourth-order valence-electron chi connectivity index (χ4n) is 2.08. The Balaban J connectivity index is 1.80. The zero-order valence-corrected chi connectivity index (χ0v) is 11.1. The highest BCUT2D eigenvalue weighted by Crippen LogP contribution is 2.43. The number of carbonyl (C=O) groups is 1. The molecule has 0 aromatic carbocycles. The van der Waals surface area contributed by atoms with Crippen LogP contribution in [0.25, 0.3) is 0 Å². The Bertz CT molecular complexity index is 505. The van der Waals surface area contributed by atoms with Crippen molar-refractivity contribution in [1.29, 1.82) is 0 Å². The molecule has 1 fully saturated rings. The lowest BCUT2D eigenvalue weighted by Gasteiger charge is -2.37. The highest BCUT2D eigenvalue weighted by molar-refractivity contribution is 5.68. The third kappa shape index (κ3) is 4.52. The molecule has 8 heteroatoms. The number of nitrogens with one attached hydrogen (secondary N) is 1. The Kier molecular flexibility index (Phi) is 4.56. The number of nitrogens with zero attached hydrogens (tertiary/aromatic N) is 1. The Morgan fingerprint density at radius 3 is 2.86 bits per heavy atom. The number of hydrogen-bond acceptors (Lipinski definition) is 5. The van der Waals surface area contributed by atoms with Crippen molar-refractivity contribution in [1.82, 2.24) is 4.98 Å². The fourth-order valence-corrected chi connectivity index (χ4v) is 2.08. The fraction of sp³-hybridized carbons (Fsp3) is 0.538. The maximum absolute atomic E-state index is 12.7. The number of hydrogen-bond donors (Lipinski definition) is 3. The molecule has 1 aromatic heterocycles. The minimum atomic E-state index is -2.66. The molecule has 1 saturated carbocycles. The van der Waals surface area contributed by atoms with Gasteiger partial charge in [0.15, 0.2) is 6.61 Å². The van der Waals surface area contributed by atoms with Gasteiger partial charge in [-0.1, -0.05) is 6.07 Å². The van der Waals surface area contributed by atoms with Gasteiger partial charge in [0.2, 0.25) is 11.8 Å². The maximum atomic E-state index is 12.7. The average molecular weight is 302 g/mol. The molecule has 1 aromatic rings. The van der Waals surface area contributed by atoms with Gasteiger partial charge in [0.1, 0.15) is 5.82 Å². The first kappa shape index (κ1) is 15.4. The molecule has 0 aliphatic heterocycles. The number of alkyl halides is 2. The molecule has 1 aliphatic rings. The molecule has 1 unspecified atom stereocenters. The van der Waals surface area contributed by atoms with Gasteiger partial charge in [-0.2, -0.15) is 4.98 Å². The maximum Gasteiger partial charge on any atom is 0.341 e. The van der Waals surface area contributed by atoms with Crippen LogP contribution in [0.1, 0.15) is 12.8 Å². The van der Waals surface area contributed by atoms with E-state index in [4.69, 9.17) is 9.84 Å². The molecular formula is C13H16F2N2O4. The van der Waals surface area contributed by atoms with Crippen molar-refractivity contribution in [3.05, 3.63) is 18.2 Å². The highest BCUT2D eigenvalue weighted by atomic mass is 19.3. The zero-order chi connectivity index (χ0) is 15.5. The summed E-state index contributed by atoms with van der Waals surface area (Å²) in [5.74, 6) is -3.68. The number of aromatic nitrogens is 1. The molecule has 0 amide bonds. The predicted molar refractivity (Wildman–Crippen MR) is 69.5 cm³/mol. The van der Waals surface area contributed by atoms with Crippen LogP contribution >= 0.6 is 0 Å². The molecule has 1 heterocycles. The molecule has 1 aliphatic carbocycles. The van der Waals surface area contributed by atoms with Crippen molar-refractivity contribution in [2.45, 2.75) is 24.9 Å². The first-order valence-electron chi connectivity index (χ1n) is 6.47. The van der Waals surface area contributed by atoms with Crippen LogP contribution in [0.4, 0.5) is 14.6 Å². The normalized spacial score (nSPS) is 18.6. The minimum Gasteiger partial charge on any atom is -0.479 e. The summed E-state index contributed by atoms with van der Waals surface area (Å²) in [5.41, 5.74) is 0. The number of aliphatic hydroxyl groups is 1. The molecule has 21 heavy (non-hydrogen) atoms. The van der Waals surface area contributed by atoms with Crippen LogP contribution in [0, 0.1) is 5.92 Å². The number of carboxylic acids is 1. The van der Waals surface area contributed by atoms with Crippen LogP contribution in [0.15, 0.2) is 18.2 Å². The lowest BCUT2D eigenvalue weighted by atomic mass is 9.77. The molecule has 0 saturated heterocycles. The summed E-state index contributed by atoms with van der Waals surface area (Å²) in [6, 6.07) is 4.71. The third-order valence-electron chi connectivity index (χ3n) is 3.23. The molecular weight excluding hydrogens is 286 g/mol. The van der Waals surface area contributed by atoms with E-state index in [0.29, 0.717) is 5.82 Å². The Hall–Kier alpha value is -1.96. The van der Waals surface area contributed by atoms with Crippen molar-refractivity contribution in [2.24, 2.45) is 5.92 Å². The number of anilines is 1. The van der Waals surface area contributed by atoms with E-state index in [1.807, 2.05) is 0 Å². The van der Waals surface area contributed by atoms with E-state index in [1.165, 1.54) is 6.07 Å². The van der Waals surface area contributed by atoms with Gasteiger partial charge in [-0.15, -0.1) is 0 Å². The number of pyridine rings is 1. The van der Waals surface area contributed by atoms with E-state index in [9.17, 15) is 18.7 Å². The number of carboxylic acid groups (broad SMARTS) is 1. The van der Waals surface area contributed by atoms with Gasteiger partial charge in [-0.05, 0) is 12.0 Å². The van der Waals surface area contributed by atoms with E-state index in [2.05, 4.69) is 10.3 Å². The second-order valence-corrected chi connectivity index (χ2v) is 5.02. The Morgan fingerprint density at radius 2 is 2.24 bits per heavy atom. The summed E-state index contributed by atoms with van der Waals surface area (Å²) < 4.78 is 30.3. The molecule has 1 atom stereocenters. The molecule has 116 valence electrons. The number of rotatable bonds is 7. The summed E-state index contributed by atoms with van der Waals surface area (Å²) in [4.78, 5) is 14.4. The zero-order valence-electron chi connectivity index (χ0n) is 11.1. The average Bonchev–Trinajstić information content (AvgIpc) is 2.40. The van der Waals surface area contributed by atoms with Crippen LogP contribution in [0.3, 0.4) is 0 Å². The van der Waals surface area contributed by atoms with Crippen molar-refractivity contribution >= 4 is 11.8 Å². The monoisotopic (exact) mass is 302 g/mol. The van der Waals surface area contributed by atoms with Crippen LogP contribution in [0.2, 0.25) is 0 Å². The van der Waals surface area contributed by atoms with Gasteiger partial charge in [0, 0.05) is 25.5 Å². The quantitative estimate of drug-likeness (QED) is 0.704. The van der Waals surface area contributed by atoms with Crippen molar-refractivity contribution in [3.63, 3.8) is 0 Å². The van der Waals surface area contributed by atoms with Gasteiger partial charge in [-0.3, -0.25) is 0 Å². The first-order valence-corrected chi connectivity index (χ1v) is 6.47. The second kappa shape index (κ2) is 6.21. The van der Waals surface area contributed by atoms with Crippen molar-refractivity contribution in [3.8, 4) is 5.88 Å². The SMILES string of the molecule is O=C(O)COc1cccc(NCC(O)C2CC(F)(F)C2)n1. The van der Waals surface area contributed by atoms with Crippen LogP contribution in [-0.2, 0) is 4.79 Å². The number of aliphatic carboxylic acids is 1. The molecule has 2 rings (SSSR count). The lowest BCUT2D eigenvalue weighted by Crippen LogP contribution is -2.44. The lowest BCUT2D eigenvalue weighted by molar-refractivity contribution is -0.139. The topological polar surface area (TPSA) is 91.7 Å². The largest absolute Gasteiger partial charge is 0.479 e. The van der Waals surface area contributed by atoms with Crippen LogP contribution in [0.5, 0.6) is 5.88 Å². The van der Waals surface area contributed by atoms with E-state index >= 15 is 0 Å². The Morgan fingerprint density at radius 1 is 1.52 bits per heavy atom. The molecule has 0 bridgehead atoms. The standard InChI is InChI=1S/C13H16F2N2O4/c14-13(15)4-8(5-13)9(18)6-16-10-2-1-3-11(17-10)21-7-12(19)20/h1-3,8-9,18H,4-7H2,(H,16,17)(H,19,20). The van der Waals surface area contributed by atoms with E-state index in [-0.39, 0.29) is 25.3 Å². The summed E-state index contributed by atoms with van der Waals surface area (Å²) in [6.45, 7) is -0.410. The van der Waals surface area contributed by atoms with Gasteiger partial charge in [0.25, 0.3) is 0 Å². The van der Waals surface area contributed by atoms with E-state index in [0.717, 1.165) is 0 Å². The number of halogens is 2. The molecule has 0 spiro atoms. The van der Waals surface area contributed by atoms with Gasteiger partial charge >= 0.3 is 5.97 Å². The summed E-state index contributed by atoms with van der Waals surface area (Å²) in [5, 5.41) is 21.1. The Labute approximate surface area is 119 Å². The number of ether oxygens (including phenoxy) is 1. The van der Waals surface area contributed by atoms with Crippen LogP contribution in [-0.4, -0.2) is 46.3 Å². The minimum absolute atomic E-state index is 0.0934. The molecule has 0 radical (unpaired) electrons. The van der Waals surface area contributed by atoms with Crippen molar-refractivity contribution in [2.75, 3.05) is 18.5 Å². The first-order chi connectivity index (χ1) is 9.85. The number of aliphatic hydroxyl groups excluding tert-OH is 1. The van der Waals surface area contributed by atoms with Crippen LogP contribution < -0.4 is 10.1 Å². The summed E-state index contributed by atoms with van der Waals surface area (Å²) >= 11 is 0. The van der Waals surface area contributed by atoms with E-state index in [1.54, 1.807) is 12.1 Å². The summed E-state index contributed by atoms with van der Waals surface area (Å²) in [6.07, 6.45) is -1.48. The van der Waals surface area contributed by atoms with Gasteiger partial charge in [-0.25, -0.2) is 13.6 Å². The van der Waals surface area contributed by atoms with Gasteiger partial charge < -0.3 is 20.3 Å². The third-order valence-corrected chi connectivity index (χ3v) is 3.23. The van der Waals surface area contributed by atoms with Gasteiger partial charge in [0.05, 0.1) is 6.10 Å². The smallest absolute Gasteiger partial charge is 0.341 e. The molecule has 3 N–H and O–H groups in total. The second-order valence-electron chi connectivity index (χ2n) is 5.02. The van der Waals surface area contributed by atoms with Crippen molar-refractivity contribution < 1.29 is 28.5 Å².